The molecule has 1 aromatic rings. The van der Waals surface area contributed by atoms with Crippen molar-refractivity contribution < 1.29 is 23.8 Å². The van der Waals surface area contributed by atoms with Gasteiger partial charge in [0.05, 0.1) is 12.7 Å². The zero-order valence-corrected chi connectivity index (χ0v) is 17.6. The first kappa shape index (κ1) is 22.3. The van der Waals surface area contributed by atoms with Gasteiger partial charge in [0.15, 0.2) is 6.61 Å². The summed E-state index contributed by atoms with van der Waals surface area (Å²) in [4.78, 5) is 24.0. The lowest BCUT2D eigenvalue weighted by molar-refractivity contribution is -0.144. The van der Waals surface area contributed by atoms with Gasteiger partial charge in [0.1, 0.15) is 23.1 Å². The molecule has 1 heterocycles. The van der Waals surface area contributed by atoms with Gasteiger partial charge in [-0.2, -0.15) is 5.26 Å². The lowest BCUT2D eigenvalue weighted by Gasteiger charge is -2.27. The van der Waals surface area contributed by atoms with E-state index in [0.29, 0.717) is 17.9 Å². The van der Waals surface area contributed by atoms with Crippen LogP contribution in [-0.2, 0) is 20.7 Å². The fraction of sp³-hybridized carbons (Fsp3) is 0.500. The van der Waals surface area contributed by atoms with Crippen LogP contribution >= 0.6 is 0 Å². The third-order valence-electron chi connectivity index (χ3n) is 4.86. The van der Waals surface area contributed by atoms with Crippen molar-refractivity contribution in [1.82, 2.24) is 5.32 Å². The predicted octanol–water partition coefficient (Wildman–Crippen LogP) is 3.02. The molecule has 0 saturated heterocycles. The van der Waals surface area contributed by atoms with Crippen molar-refractivity contribution in [3.8, 4) is 17.6 Å². The molecule has 1 amide bonds. The second-order valence-electron chi connectivity index (χ2n) is 7.52. The highest BCUT2D eigenvalue weighted by Gasteiger charge is 2.30. The van der Waals surface area contributed by atoms with E-state index in [0.717, 1.165) is 17.7 Å². The Morgan fingerprint density at radius 2 is 2.17 bits per heavy atom. The molecule has 1 N–H and O–H groups in total. The summed E-state index contributed by atoms with van der Waals surface area (Å²) in [6.45, 7) is 9.20. The van der Waals surface area contributed by atoms with Crippen molar-refractivity contribution in [2.75, 3.05) is 13.2 Å². The van der Waals surface area contributed by atoms with Crippen LogP contribution in [0.1, 0.15) is 45.7 Å². The van der Waals surface area contributed by atoms with Gasteiger partial charge >= 0.3 is 5.97 Å². The number of hydrogen-bond donors (Lipinski definition) is 1. The molecule has 0 aromatic heterocycles. The number of hydrogen-bond acceptors (Lipinski definition) is 6. The molecule has 0 unspecified atom stereocenters. The van der Waals surface area contributed by atoms with Gasteiger partial charge in [-0.05, 0) is 44.9 Å². The van der Waals surface area contributed by atoms with Gasteiger partial charge < -0.3 is 19.5 Å². The Bertz CT molecular complexity index is 840. The van der Waals surface area contributed by atoms with Gasteiger partial charge in [-0.25, -0.2) is 4.79 Å². The number of amides is 1. The number of ether oxygens (including phenoxy) is 3. The molecular weight excluding hydrogens is 372 g/mol. The van der Waals surface area contributed by atoms with Gasteiger partial charge in [0, 0.05) is 23.6 Å². The van der Waals surface area contributed by atoms with E-state index in [1.807, 2.05) is 39.8 Å². The Morgan fingerprint density at radius 3 is 2.79 bits per heavy atom. The molecule has 1 aliphatic heterocycles. The molecule has 0 spiro atoms. The van der Waals surface area contributed by atoms with E-state index in [1.54, 1.807) is 13.0 Å². The Balaban J connectivity index is 2.00. The molecule has 0 bridgehead atoms. The zero-order valence-electron chi connectivity index (χ0n) is 17.6. The number of carbonyl (C=O) groups excluding carboxylic acids is 2. The van der Waals surface area contributed by atoms with Crippen LogP contribution in [0.4, 0.5) is 0 Å². The summed E-state index contributed by atoms with van der Waals surface area (Å²) in [5, 5.41) is 11.8. The van der Waals surface area contributed by atoms with Gasteiger partial charge in [0.2, 0.25) is 0 Å². The third kappa shape index (κ3) is 5.74. The van der Waals surface area contributed by atoms with Gasteiger partial charge in [-0.1, -0.05) is 13.8 Å². The smallest absolute Gasteiger partial charge is 0.331 e. The van der Waals surface area contributed by atoms with Crippen molar-refractivity contribution in [1.29, 1.82) is 5.26 Å². The van der Waals surface area contributed by atoms with Crippen LogP contribution in [0.2, 0.25) is 0 Å². The lowest BCUT2D eigenvalue weighted by Crippen LogP contribution is -2.50. The van der Waals surface area contributed by atoms with Crippen molar-refractivity contribution in [3.63, 3.8) is 0 Å². The molecule has 29 heavy (non-hydrogen) atoms. The molecule has 7 heteroatoms. The van der Waals surface area contributed by atoms with Crippen LogP contribution in [0.15, 0.2) is 18.2 Å². The Kier molecular flexibility index (Phi) is 7.27. The van der Waals surface area contributed by atoms with Crippen molar-refractivity contribution in [2.24, 2.45) is 5.92 Å². The number of nitrogens with one attached hydrogen (secondary N) is 1. The van der Waals surface area contributed by atoms with Crippen LogP contribution in [0.5, 0.6) is 11.5 Å². The average Bonchev–Trinajstić information content (AvgIpc) is 3.03. The molecule has 2 rings (SSSR count). The average molecular weight is 400 g/mol. The fourth-order valence-electron chi connectivity index (χ4n) is 2.84. The summed E-state index contributed by atoms with van der Waals surface area (Å²) in [5.41, 5.74) is 0.744. The summed E-state index contributed by atoms with van der Waals surface area (Å²) in [5.74, 6) is 0.152. The molecule has 0 radical (unpaired) electrons. The lowest BCUT2D eigenvalue weighted by atomic mass is 9.90. The monoisotopic (exact) mass is 400 g/mol. The van der Waals surface area contributed by atoms with Gasteiger partial charge in [0.25, 0.3) is 5.91 Å². The number of carbonyl (C=O) groups is 2. The minimum atomic E-state index is -1.02. The van der Waals surface area contributed by atoms with E-state index < -0.39 is 24.0 Å². The molecule has 0 saturated carbocycles. The number of fused-ring (bicyclic) bond motifs is 1. The van der Waals surface area contributed by atoms with Crippen LogP contribution in [0.25, 0.3) is 6.08 Å². The van der Waals surface area contributed by atoms with Crippen LogP contribution < -0.4 is 14.8 Å². The molecule has 7 nitrogen and oxygen atoms in total. The molecule has 0 aliphatic carbocycles. The fourth-order valence-corrected chi connectivity index (χ4v) is 2.84. The Hall–Kier alpha value is -3.01. The third-order valence-corrected chi connectivity index (χ3v) is 4.86. The Morgan fingerprint density at radius 1 is 1.45 bits per heavy atom. The van der Waals surface area contributed by atoms with E-state index in [2.05, 4.69) is 11.4 Å². The quantitative estimate of drug-likeness (QED) is 0.532. The van der Waals surface area contributed by atoms with E-state index in [4.69, 9.17) is 14.2 Å². The van der Waals surface area contributed by atoms with Gasteiger partial charge in [-0.15, -0.1) is 0 Å². The van der Waals surface area contributed by atoms with Crippen molar-refractivity contribution >= 4 is 18.0 Å². The topological polar surface area (TPSA) is 97.6 Å². The Labute approximate surface area is 171 Å². The maximum atomic E-state index is 12.0. The first-order chi connectivity index (χ1) is 13.7. The van der Waals surface area contributed by atoms with E-state index >= 15 is 0 Å². The minimum absolute atomic E-state index is 0.0891. The second kappa shape index (κ2) is 9.46. The van der Waals surface area contributed by atoms with E-state index in [-0.39, 0.29) is 12.0 Å². The van der Waals surface area contributed by atoms with Crippen LogP contribution in [0, 0.1) is 17.2 Å². The first-order valence-corrected chi connectivity index (χ1v) is 9.72. The molecule has 1 aromatic carbocycles. The number of nitriles is 1. The zero-order chi connectivity index (χ0) is 21.6. The van der Waals surface area contributed by atoms with Crippen LogP contribution in [-0.4, -0.2) is 36.7 Å². The SMILES string of the molecule is CCOc1cc2c(cc1/C=C/C(=O)OCC(=O)N[C@@](C)(C#N)C(C)C)O[C@@H](C)C2. The highest BCUT2D eigenvalue weighted by Crippen LogP contribution is 2.35. The summed E-state index contributed by atoms with van der Waals surface area (Å²) in [7, 11) is 0. The first-order valence-electron chi connectivity index (χ1n) is 9.72. The van der Waals surface area contributed by atoms with E-state index in [1.165, 1.54) is 6.08 Å². The van der Waals surface area contributed by atoms with Crippen molar-refractivity contribution in [3.05, 3.63) is 29.3 Å². The molecule has 0 fully saturated rings. The largest absolute Gasteiger partial charge is 0.493 e. The van der Waals surface area contributed by atoms with E-state index in [9.17, 15) is 14.9 Å². The standard InChI is InChI=1S/C22H28N2O5/c1-6-27-18-11-17-9-15(4)29-19(17)10-16(18)7-8-21(26)28-12-20(25)24-22(5,13-23)14(2)3/h7-8,10-11,14-15H,6,9,12H2,1-5H3,(H,24,25)/b8-7+/t15-,22-/m0/s1. The maximum absolute atomic E-state index is 12.0. The summed E-state index contributed by atoms with van der Waals surface area (Å²) >= 11 is 0. The normalized spacial score (nSPS) is 17.2. The second-order valence-corrected chi connectivity index (χ2v) is 7.52. The number of rotatable bonds is 8. The number of benzene rings is 1. The summed E-state index contributed by atoms with van der Waals surface area (Å²) < 4.78 is 16.4. The number of esters is 1. The molecule has 156 valence electrons. The highest BCUT2D eigenvalue weighted by atomic mass is 16.5. The predicted molar refractivity (Wildman–Crippen MR) is 108 cm³/mol. The molecule has 2 atom stereocenters. The number of nitrogens with zero attached hydrogens (tertiary/aromatic N) is 1. The van der Waals surface area contributed by atoms with Crippen LogP contribution in [0.3, 0.4) is 0 Å². The minimum Gasteiger partial charge on any atom is -0.493 e. The highest BCUT2D eigenvalue weighted by molar-refractivity contribution is 5.90. The van der Waals surface area contributed by atoms with Gasteiger partial charge in [-0.3, -0.25) is 4.79 Å². The van der Waals surface area contributed by atoms with Crippen molar-refractivity contribution in [2.45, 2.75) is 52.7 Å². The maximum Gasteiger partial charge on any atom is 0.331 e. The summed E-state index contributed by atoms with van der Waals surface area (Å²) in [6.07, 6.45) is 3.73. The summed E-state index contributed by atoms with van der Waals surface area (Å²) in [6, 6.07) is 5.83. The molecular formula is C22H28N2O5. The molecule has 1 aliphatic rings.